The van der Waals surface area contributed by atoms with Gasteiger partial charge < -0.3 is 25.0 Å². The van der Waals surface area contributed by atoms with Crippen molar-refractivity contribution < 1.29 is 29.0 Å². The number of aliphatic carboxylic acids is 1. The fraction of sp³-hybridized carbons (Fsp3) is 0.750. The zero-order chi connectivity index (χ0) is 19.2. The summed E-state index contributed by atoms with van der Waals surface area (Å²) in [5.41, 5.74) is 0. The number of carbonyl (C=O) groups excluding carboxylic acids is 3. The number of amides is 3. The van der Waals surface area contributed by atoms with Crippen LogP contribution in [0.1, 0.15) is 20.3 Å². The number of rotatable bonds is 6. The molecule has 0 aromatic carbocycles. The summed E-state index contributed by atoms with van der Waals surface area (Å²) in [7, 11) is 1.55. The van der Waals surface area contributed by atoms with Crippen LogP contribution in [0.2, 0.25) is 0 Å². The van der Waals surface area contributed by atoms with Gasteiger partial charge in [-0.1, -0.05) is 0 Å². The number of thioether (sulfide) groups is 1. The molecule has 144 valence electrons. The van der Waals surface area contributed by atoms with E-state index in [0.717, 1.165) is 0 Å². The van der Waals surface area contributed by atoms with Crippen LogP contribution in [0, 0.1) is 5.92 Å². The standard InChI is InChI=1S/C16H23N3O6S/c1-16(2)11(15(23)24)19-13(22)10(14(19)26-16)17-12(21)8-6-9(20)18(7-8)4-5-25-3/h8,10-11,14H,4-7H2,1-3H3,(H,17,21)(H,23,24)/t8?,10-,11+,14-/m1/s1. The number of methoxy groups -OCH3 is 1. The van der Waals surface area contributed by atoms with Crippen LogP contribution in [-0.4, -0.2) is 87.6 Å². The van der Waals surface area contributed by atoms with Crippen LogP contribution < -0.4 is 5.32 Å². The van der Waals surface area contributed by atoms with Crippen LogP contribution in [0.25, 0.3) is 0 Å². The average molecular weight is 385 g/mol. The smallest absolute Gasteiger partial charge is 0.327 e. The van der Waals surface area contributed by atoms with Crippen molar-refractivity contribution in [3.05, 3.63) is 0 Å². The fourth-order valence-corrected chi connectivity index (χ4v) is 5.41. The van der Waals surface area contributed by atoms with Crippen molar-refractivity contribution in [2.75, 3.05) is 26.8 Å². The lowest BCUT2D eigenvalue weighted by atomic mass is 9.95. The lowest BCUT2D eigenvalue weighted by molar-refractivity contribution is -0.161. The van der Waals surface area contributed by atoms with Crippen LogP contribution in [0.5, 0.6) is 0 Å². The number of ether oxygens (including phenoxy) is 1. The molecule has 2 N–H and O–H groups in total. The van der Waals surface area contributed by atoms with Gasteiger partial charge in [-0.2, -0.15) is 0 Å². The number of nitrogens with one attached hydrogen (secondary N) is 1. The summed E-state index contributed by atoms with van der Waals surface area (Å²) >= 11 is 1.38. The van der Waals surface area contributed by atoms with Gasteiger partial charge >= 0.3 is 5.97 Å². The molecular formula is C16H23N3O6S. The Morgan fingerprint density at radius 1 is 1.38 bits per heavy atom. The van der Waals surface area contributed by atoms with Gasteiger partial charge in [0.2, 0.25) is 17.7 Å². The molecule has 9 nitrogen and oxygen atoms in total. The van der Waals surface area contributed by atoms with E-state index in [1.807, 2.05) is 0 Å². The van der Waals surface area contributed by atoms with E-state index < -0.39 is 28.7 Å². The Balaban J connectivity index is 1.61. The molecule has 3 amide bonds. The lowest BCUT2D eigenvalue weighted by Gasteiger charge is -2.43. The second-order valence-corrected chi connectivity index (χ2v) is 9.09. The van der Waals surface area contributed by atoms with Crippen LogP contribution in [0.4, 0.5) is 0 Å². The van der Waals surface area contributed by atoms with Gasteiger partial charge in [0, 0.05) is 31.4 Å². The van der Waals surface area contributed by atoms with Crippen molar-refractivity contribution in [1.82, 2.24) is 15.1 Å². The Hall–Kier alpha value is -1.81. The number of fused-ring (bicyclic) bond motifs is 1. The summed E-state index contributed by atoms with van der Waals surface area (Å²) in [5, 5.41) is 11.7. The highest BCUT2D eigenvalue weighted by molar-refractivity contribution is 8.01. The molecule has 3 heterocycles. The van der Waals surface area contributed by atoms with E-state index in [-0.39, 0.29) is 29.5 Å². The maximum atomic E-state index is 12.5. The Bertz CT molecular complexity index is 654. The number of hydrogen-bond donors (Lipinski definition) is 2. The quantitative estimate of drug-likeness (QED) is 0.570. The Morgan fingerprint density at radius 2 is 2.08 bits per heavy atom. The maximum absolute atomic E-state index is 12.5. The lowest BCUT2D eigenvalue weighted by Crippen LogP contribution is -2.71. The van der Waals surface area contributed by atoms with Crippen molar-refractivity contribution in [1.29, 1.82) is 0 Å². The first-order chi connectivity index (χ1) is 12.2. The summed E-state index contributed by atoms with van der Waals surface area (Å²) in [6.07, 6.45) is 0.112. The predicted octanol–water partition coefficient (Wildman–Crippen LogP) is -0.887. The number of hydrogen-bond acceptors (Lipinski definition) is 6. The largest absolute Gasteiger partial charge is 0.480 e. The molecule has 3 aliphatic rings. The fourth-order valence-electron chi connectivity index (χ4n) is 3.78. The van der Waals surface area contributed by atoms with Gasteiger partial charge in [-0.3, -0.25) is 14.4 Å². The summed E-state index contributed by atoms with van der Waals surface area (Å²) in [6.45, 7) is 4.71. The monoisotopic (exact) mass is 385 g/mol. The van der Waals surface area contributed by atoms with E-state index in [2.05, 4.69) is 5.32 Å². The molecule has 0 spiro atoms. The van der Waals surface area contributed by atoms with Gasteiger partial charge in [0.1, 0.15) is 17.5 Å². The van der Waals surface area contributed by atoms with Crippen molar-refractivity contribution >= 4 is 35.5 Å². The minimum absolute atomic E-state index is 0.105. The molecule has 0 aromatic rings. The predicted molar refractivity (Wildman–Crippen MR) is 92.2 cm³/mol. The maximum Gasteiger partial charge on any atom is 0.327 e. The SMILES string of the molecule is COCCN1CC(C(=O)N[C@@H]2C(=O)N3[C@@H]2SC(C)(C)[C@@H]3C(=O)O)CC1=O. The summed E-state index contributed by atoms with van der Waals surface area (Å²) in [6, 6.07) is -1.64. The molecule has 0 bridgehead atoms. The minimum Gasteiger partial charge on any atom is -0.480 e. The first kappa shape index (κ1) is 19.0. The molecule has 3 aliphatic heterocycles. The van der Waals surface area contributed by atoms with E-state index in [1.54, 1.807) is 25.9 Å². The molecule has 1 unspecified atom stereocenters. The first-order valence-corrected chi connectivity index (χ1v) is 9.35. The molecule has 26 heavy (non-hydrogen) atoms. The highest BCUT2D eigenvalue weighted by Gasteiger charge is 2.64. The normalized spacial score (nSPS) is 32.4. The van der Waals surface area contributed by atoms with Crippen molar-refractivity contribution in [3.8, 4) is 0 Å². The second-order valence-electron chi connectivity index (χ2n) is 7.32. The number of nitrogens with zero attached hydrogens (tertiary/aromatic N) is 2. The van der Waals surface area contributed by atoms with Gasteiger partial charge in [0.05, 0.1) is 12.5 Å². The molecule has 3 fully saturated rings. The van der Waals surface area contributed by atoms with Gasteiger partial charge in [0.25, 0.3) is 0 Å². The van der Waals surface area contributed by atoms with Gasteiger partial charge in [-0.15, -0.1) is 11.8 Å². The highest BCUT2D eigenvalue weighted by atomic mass is 32.2. The van der Waals surface area contributed by atoms with Crippen molar-refractivity contribution in [3.63, 3.8) is 0 Å². The van der Waals surface area contributed by atoms with E-state index in [1.165, 1.54) is 16.7 Å². The minimum atomic E-state index is -1.04. The number of β-lactam (4-membered cyclic amide) rings is 1. The molecule has 0 aliphatic carbocycles. The number of carbonyl (C=O) groups is 4. The molecule has 3 saturated heterocycles. The Morgan fingerprint density at radius 3 is 2.69 bits per heavy atom. The number of carboxylic acid groups (broad SMARTS) is 1. The molecule has 3 rings (SSSR count). The third-order valence-corrected chi connectivity index (χ3v) is 6.69. The molecule has 0 aromatic heterocycles. The molecule has 4 atom stereocenters. The van der Waals surface area contributed by atoms with E-state index >= 15 is 0 Å². The van der Waals surface area contributed by atoms with Crippen LogP contribution in [0.15, 0.2) is 0 Å². The van der Waals surface area contributed by atoms with Crippen molar-refractivity contribution in [2.45, 2.75) is 42.5 Å². The van der Waals surface area contributed by atoms with Gasteiger partial charge in [0.15, 0.2) is 0 Å². The third-order valence-electron chi connectivity index (χ3n) is 5.12. The van der Waals surface area contributed by atoms with Gasteiger partial charge in [-0.05, 0) is 13.8 Å². The molecular weight excluding hydrogens is 362 g/mol. The van der Waals surface area contributed by atoms with Crippen LogP contribution in [0.3, 0.4) is 0 Å². The van der Waals surface area contributed by atoms with Gasteiger partial charge in [-0.25, -0.2) is 4.79 Å². The zero-order valence-electron chi connectivity index (χ0n) is 14.9. The average Bonchev–Trinajstić information content (AvgIpc) is 3.05. The second kappa shape index (κ2) is 6.73. The zero-order valence-corrected chi connectivity index (χ0v) is 15.7. The summed E-state index contributed by atoms with van der Waals surface area (Å²) in [4.78, 5) is 51.3. The van der Waals surface area contributed by atoms with E-state index in [4.69, 9.17) is 4.74 Å². The Labute approximate surface area is 155 Å². The molecule has 0 saturated carbocycles. The highest BCUT2D eigenvalue weighted by Crippen LogP contribution is 2.50. The Kier molecular flexibility index (Phi) is 4.91. The van der Waals surface area contributed by atoms with E-state index in [9.17, 15) is 24.3 Å². The number of likely N-dealkylation sites (tertiary alicyclic amines) is 1. The summed E-state index contributed by atoms with van der Waals surface area (Å²) < 4.78 is 4.32. The first-order valence-electron chi connectivity index (χ1n) is 8.47. The summed E-state index contributed by atoms with van der Waals surface area (Å²) in [5.74, 6) is -2.37. The number of carboxylic acids is 1. The van der Waals surface area contributed by atoms with E-state index in [0.29, 0.717) is 19.7 Å². The topological polar surface area (TPSA) is 116 Å². The van der Waals surface area contributed by atoms with Crippen molar-refractivity contribution in [2.24, 2.45) is 5.92 Å². The molecule has 10 heteroatoms. The molecule has 0 radical (unpaired) electrons. The van der Waals surface area contributed by atoms with Crippen LogP contribution >= 0.6 is 11.8 Å². The third kappa shape index (κ3) is 3.05. The van der Waals surface area contributed by atoms with Crippen LogP contribution in [-0.2, 0) is 23.9 Å².